The van der Waals surface area contributed by atoms with Crippen LogP contribution in [0.4, 0.5) is 5.69 Å². The number of hydrogen-bond donors (Lipinski definition) is 1. The molecule has 48 heavy (non-hydrogen) atoms. The molecule has 0 spiro atoms. The minimum absolute atomic E-state index is 0.0572. The molecule has 0 amide bonds. The molecule has 1 aliphatic carbocycles. The second-order valence-electron chi connectivity index (χ2n) is 13.5. The highest BCUT2D eigenvalue weighted by molar-refractivity contribution is 7.18. The van der Waals surface area contributed by atoms with E-state index in [-0.39, 0.29) is 12.0 Å². The minimum atomic E-state index is -0.861. The highest BCUT2D eigenvalue weighted by Crippen LogP contribution is 2.43. The number of ether oxygens (including phenoxy) is 2. The molecule has 2 aliphatic rings. The molecule has 6 rings (SSSR count). The third-order valence-corrected chi connectivity index (χ3v) is 10.1. The van der Waals surface area contributed by atoms with Gasteiger partial charge in [-0.2, -0.15) is 4.57 Å². The first-order chi connectivity index (χ1) is 23.1. The van der Waals surface area contributed by atoms with Gasteiger partial charge in [-0.15, -0.1) is 0 Å². The summed E-state index contributed by atoms with van der Waals surface area (Å²) in [5.74, 6) is 1.68. The molecule has 0 unspecified atom stereocenters. The Morgan fingerprint density at radius 1 is 1.08 bits per heavy atom. The number of unbranched alkanes of at least 4 members (excludes halogenated alkanes) is 2. The SMILES string of the molecule is CCCCCN1/C(=C/C=C/C2=CC(=C/c3sc4cc(OC)c(C)cc4[n+]3CC(=O)O)/CC(C)(C)C2)Oc2ccc(-c3ccccc3)cc21. The zero-order valence-electron chi connectivity index (χ0n) is 28.6. The lowest BCUT2D eigenvalue weighted by atomic mass is 9.75. The van der Waals surface area contributed by atoms with Crippen molar-refractivity contribution in [1.82, 2.24) is 0 Å². The number of methoxy groups -OCH3 is 1. The topological polar surface area (TPSA) is 62.9 Å². The largest absolute Gasteiger partial charge is 0.496 e. The van der Waals surface area contributed by atoms with Gasteiger partial charge in [0.2, 0.25) is 17.9 Å². The summed E-state index contributed by atoms with van der Waals surface area (Å²) in [4.78, 5) is 14.2. The van der Waals surface area contributed by atoms with E-state index >= 15 is 0 Å². The molecular formula is C41H45N2O4S+. The first-order valence-electron chi connectivity index (χ1n) is 16.8. The summed E-state index contributed by atoms with van der Waals surface area (Å²) in [6.07, 6.45) is 16.1. The van der Waals surface area contributed by atoms with Crippen molar-refractivity contribution in [2.75, 3.05) is 18.6 Å². The molecule has 0 fully saturated rings. The molecule has 0 atom stereocenters. The fraction of sp³-hybridized carbons (Fsp3) is 0.317. The van der Waals surface area contributed by atoms with Crippen molar-refractivity contribution in [1.29, 1.82) is 0 Å². The molecule has 7 heteroatoms. The normalized spacial score (nSPS) is 17.3. The van der Waals surface area contributed by atoms with Gasteiger partial charge in [0, 0.05) is 24.8 Å². The smallest absolute Gasteiger partial charge is 0.370 e. The van der Waals surface area contributed by atoms with Crippen LogP contribution in [0.15, 0.2) is 102 Å². The van der Waals surface area contributed by atoms with Gasteiger partial charge >= 0.3 is 5.97 Å². The number of benzene rings is 3. The Morgan fingerprint density at radius 2 is 1.90 bits per heavy atom. The van der Waals surface area contributed by atoms with Crippen LogP contribution in [0.5, 0.6) is 11.5 Å². The fourth-order valence-corrected chi connectivity index (χ4v) is 7.91. The van der Waals surface area contributed by atoms with Gasteiger partial charge in [0.25, 0.3) is 5.01 Å². The number of aliphatic carboxylic acids is 1. The Kier molecular flexibility index (Phi) is 9.88. The minimum Gasteiger partial charge on any atom is -0.496 e. The molecule has 3 aromatic carbocycles. The molecule has 1 aliphatic heterocycles. The number of allylic oxidation sites excluding steroid dienone is 6. The van der Waals surface area contributed by atoms with Crippen molar-refractivity contribution in [2.45, 2.75) is 66.3 Å². The van der Waals surface area contributed by atoms with Gasteiger partial charge in [0.1, 0.15) is 10.4 Å². The number of carbonyl (C=O) groups is 1. The number of fused-ring (bicyclic) bond motifs is 2. The molecule has 0 saturated heterocycles. The number of anilines is 1. The van der Waals surface area contributed by atoms with E-state index in [2.05, 4.69) is 98.5 Å². The predicted octanol–water partition coefficient (Wildman–Crippen LogP) is 9.87. The van der Waals surface area contributed by atoms with E-state index in [0.717, 1.165) is 76.1 Å². The van der Waals surface area contributed by atoms with Crippen LogP contribution in [0, 0.1) is 12.3 Å². The Bertz CT molecular complexity index is 1950. The summed E-state index contributed by atoms with van der Waals surface area (Å²) in [7, 11) is 1.67. The van der Waals surface area contributed by atoms with Crippen LogP contribution in [0.2, 0.25) is 0 Å². The summed E-state index contributed by atoms with van der Waals surface area (Å²) in [6, 6.07) is 21.0. The van der Waals surface area contributed by atoms with E-state index in [4.69, 9.17) is 9.47 Å². The molecule has 1 aromatic heterocycles. The van der Waals surface area contributed by atoms with Crippen molar-refractivity contribution in [3.05, 3.63) is 113 Å². The molecule has 4 aromatic rings. The van der Waals surface area contributed by atoms with Crippen molar-refractivity contribution < 1.29 is 23.9 Å². The first-order valence-corrected chi connectivity index (χ1v) is 17.6. The van der Waals surface area contributed by atoms with Crippen molar-refractivity contribution >= 4 is 39.3 Å². The number of thiazole rings is 1. The van der Waals surface area contributed by atoms with Crippen LogP contribution in [-0.2, 0) is 11.3 Å². The quantitative estimate of drug-likeness (QED) is 0.128. The van der Waals surface area contributed by atoms with Gasteiger partial charge < -0.3 is 19.5 Å². The third-order valence-electron chi connectivity index (χ3n) is 8.96. The Labute approximate surface area is 287 Å². The van der Waals surface area contributed by atoms with E-state index in [9.17, 15) is 9.90 Å². The molecule has 248 valence electrons. The molecule has 6 nitrogen and oxygen atoms in total. The van der Waals surface area contributed by atoms with Crippen LogP contribution in [0.25, 0.3) is 27.4 Å². The lowest BCUT2D eigenvalue weighted by Gasteiger charge is -2.30. The average molecular weight is 662 g/mol. The van der Waals surface area contributed by atoms with Crippen molar-refractivity contribution in [3.8, 4) is 22.6 Å². The molecule has 0 saturated carbocycles. The van der Waals surface area contributed by atoms with Gasteiger partial charge in [0.05, 0.1) is 12.8 Å². The predicted molar refractivity (Wildman–Crippen MR) is 197 cm³/mol. The monoisotopic (exact) mass is 661 g/mol. The Morgan fingerprint density at radius 3 is 2.65 bits per heavy atom. The molecular weight excluding hydrogens is 617 g/mol. The van der Waals surface area contributed by atoms with Gasteiger partial charge in [-0.05, 0) is 77.6 Å². The lowest BCUT2D eigenvalue weighted by molar-refractivity contribution is -0.657. The summed E-state index contributed by atoms with van der Waals surface area (Å²) in [5.41, 5.74) is 7.86. The van der Waals surface area contributed by atoms with Crippen LogP contribution in [0.1, 0.15) is 63.4 Å². The van der Waals surface area contributed by atoms with E-state index in [0.29, 0.717) is 0 Å². The summed E-state index contributed by atoms with van der Waals surface area (Å²) >= 11 is 1.60. The number of nitrogens with zero attached hydrogens (tertiary/aromatic N) is 2. The summed E-state index contributed by atoms with van der Waals surface area (Å²) < 4.78 is 14.9. The van der Waals surface area contributed by atoms with E-state index in [1.807, 2.05) is 29.7 Å². The van der Waals surface area contributed by atoms with E-state index < -0.39 is 5.97 Å². The molecule has 0 bridgehead atoms. The number of hydrogen-bond acceptors (Lipinski definition) is 5. The standard InChI is InChI=1S/C41H44N2O4S/c1-6-7-11-19-42-33-23-32(31-14-9-8-10-15-31)17-18-35(33)47-38(42)16-12-13-29-21-30(26-41(3,4)25-29)22-39-43(27-40(44)45)34-20-28(2)36(46-5)24-37(34)48-39/h8-10,12-18,20-24H,6-7,11,19,25-27H2,1-5H3/p+1. The fourth-order valence-electron chi connectivity index (χ4n) is 6.77. The third kappa shape index (κ3) is 7.42. The number of aryl methyl sites for hydroxylation is 1. The zero-order valence-corrected chi connectivity index (χ0v) is 29.4. The number of carboxylic acid groups (broad SMARTS) is 1. The highest BCUT2D eigenvalue weighted by Gasteiger charge is 2.29. The van der Waals surface area contributed by atoms with Crippen LogP contribution in [-0.4, -0.2) is 24.7 Å². The number of carboxylic acids is 1. The van der Waals surface area contributed by atoms with Crippen molar-refractivity contribution in [3.63, 3.8) is 0 Å². The zero-order chi connectivity index (χ0) is 33.8. The molecule has 1 N–H and O–H groups in total. The Balaban J connectivity index is 1.30. The van der Waals surface area contributed by atoms with E-state index in [1.54, 1.807) is 18.4 Å². The van der Waals surface area contributed by atoms with Crippen LogP contribution < -0.4 is 18.9 Å². The van der Waals surface area contributed by atoms with Crippen molar-refractivity contribution in [2.24, 2.45) is 5.41 Å². The van der Waals surface area contributed by atoms with Gasteiger partial charge in [-0.25, -0.2) is 4.79 Å². The second kappa shape index (κ2) is 14.2. The number of rotatable bonds is 11. The maximum atomic E-state index is 11.9. The second-order valence-corrected chi connectivity index (χ2v) is 14.6. The number of aromatic nitrogens is 1. The first kappa shape index (κ1) is 33.3. The van der Waals surface area contributed by atoms with Gasteiger partial charge in [-0.3, -0.25) is 0 Å². The molecule has 0 radical (unpaired) electrons. The maximum absolute atomic E-state index is 11.9. The highest BCUT2D eigenvalue weighted by atomic mass is 32.1. The van der Waals surface area contributed by atoms with E-state index in [1.165, 1.54) is 28.7 Å². The summed E-state index contributed by atoms with van der Waals surface area (Å²) in [6.45, 7) is 9.61. The van der Waals surface area contributed by atoms with Gasteiger partial charge in [-0.1, -0.05) is 99.6 Å². The summed E-state index contributed by atoms with van der Waals surface area (Å²) in [5, 5.41) is 10.7. The van der Waals surface area contributed by atoms with Gasteiger partial charge in [0.15, 0.2) is 5.75 Å². The lowest BCUT2D eigenvalue weighted by Crippen LogP contribution is -2.39. The molecule has 2 heterocycles. The Hall–Kier alpha value is -4.62. The average Bonchev–Trinajstić information content (AvgIpc) is 3.56. The van der Waals surface area contributed by atoms with Crippen LogP contribution in [0.3, 0.4) is 0 Å². The van der Waals surface area contributed by atoms with Crippen LogP contribution >= 0.6 is 11.3 Å². The maximum Gasteiger partial charge on any atom is 0.370 e.